The van der Waals surface area contributed by atoms with Gasteiger partial charge in [0.2, 0.25) is 5.91 Å². The zero-order valence-corrected chi connectivity index (χ0v) is 17.2. The van der Waals surface area contributed by atoms with Crippen molar-refractivity contribution in [2.24, 2.45) is 0 Å². The number of halogens is 3. The van der Waals surface area contributed by atoms with Crippen LogP contribution in [0.2, 0.25) is 0 Å². The monoisotopic (exact) mass is 459 g/mol. The predicted octanol–water partition coefficient (Wildman–Crippen LogP) is 3.24. The van der Waals surface area contributed by atoms with E-state index in [-0.39, 0.29) is 19.0 Å². The van der Waals surface area contributed by atoms with Crippen molar-refractivity contribution in [1.29, 1.82) is 0 Å². The number of nitrogens with one attached hydrogen (secondary N) is 3. The van der Waals surface area contributed by atoms with E-state index in [9.17, 15) is 22.8 Å². The molecule has 8 nitrogen and oxygen atoms in total. The van der Waals surface area contributed by atoms with E-state index in [0.717, 1.165) is 5.69 Å². The number of benzene rings is 2. The molecule has 172 valence electrons. The highest BCUT2D eigenvalue weighted by atomic mass is 19.4. The summed E-state index contributed by atoms with van der Waals surface area (Å²) in [6, 6.07) is 16.6. The molecule has 1 saturated heterocycles. The van der Waals surface area contributed by atoms with Gasteiger partial charge in [-0.2, -0.15) is 13.2 Å². The van der Waals surface area contributed by atoms with Gasteiger partial charge in [0.1, 0.15) is 12.6 Å². The lowest BCUT2D eigenvalue weighted by Crippen LogP contribution is -2.38. The van der Waals surface area contributed by atoms with Gasteiger partial charge in [0.05, 0.1) is 18.0 Å². The Morgan fingerprint density at radius 2 is 1.94 bits per heavy atom. The normalized spacial score (nSPS) is 15.7. The van der Waals surface area contributed by atoms with Crippen LogP contribution in [0.1, 0.15) is 5.56 Å². The van der Waals surface area contributed by atoms with E-state index in [1.54, 1.807) is 35.0 Å². The third-order valence-corrected chi connectivity index (χ3v) is 4.81. The van der Waals surface area contributed by atoms with Gasteiger partial charge in [0.15, 0.2) is 5.82 Å². The second-order valence-corrected chi connectivity index (χ2v) is 7.37. The lowest BCUT2D eigenvalue weighted by atomic mass is 10.1. The fourth-order valence-corrected chi connectivity index (χ4v) is 3.35. The SMILES string of the molecule is O=C1NC[C@H](C(=O)Nc2cc(-c3cccc(COCC(F)(F)F)c3)n(-c3ccccc3)n2)N1. The molecule has 2 aromatic carbocycles. The van der Waals surface area contributed by atoms with Gasteiger partial charge in [-0.05, 0) is 23.8 Å². The number of aromatic nitrogens is 2. The van der Waals surface area contributed by atoms with Crippen LogP contribution in [0.5, 0.6) is 0 Å². The highest BCUT2D eigenvalue weighted by Crippen LogP contribution is 2.27. The zero-order valence-electron chi connectivity index (χ0n) is 17.2. The number of amides is 3. The van der Waals surface area contributed by atoms with Gasteiger partial charge in [0, 0.05) is 18.2 Å². The average molecular weight is 459 g/mol. The molecular weight excluding hydrogens is 439 g/mol. The first-order chi connectivity index (χ1) is 15.8. The summed E-state index contributed by atoms with van der Waals surface area (Å²) in [5, 5.41) is 12.2. The Balaban J connectivity index is 1.61. The number of alkyl halides is 3. The standard InChI is InChI=1S/C22H20F3N5O3/c23-22(24,25)13-33-12-14-5-4-6-15(9-14)18-10-19(28-20(31)17-11-26-21(32)27-17)29-30(18)16-7-2-1-3-8-16/h1-10,17H,11-13H2,(H2,26,27,32)(H,28,29,31)/t17-/m1/s1. The Kier molecular flexibility index (Phi) is 6.31. The van der Waals surface area contributed by atoms with E-state index in [0.29, 0.717) is 16.8 Å². The van der Waals surface area contributed by atoms with Crippen molar-refractivity contribution in [3.8, 4) is 16.9 Å². The van der Waals surface area contributed by atoms with E-state index in [1.807, 2.05) is 30.3 Å². The minimum atomic E-state index is -4.40. The van der Waals surface area contributed by atoms with Crippen LogP contribution in [-0.4, -0.2) is 47.1 Å². The summed E-state index contributed by atoms with van der Waals surface area (Å²) in [5.41, 5.74) is 2.57. The van der Waals surface area contributed by atoms with Crippen LogP contribution in [0, 0.1) is 0 Å². The van der Waals surface area contributed by atoms with Gasteiger partial charge >= 0.3 is 12.2 Å². The number of rotatable bonds is 7. The number of hydrogen-bond donors (Lipinski definition) is 3. The largest absolute Gasteiger partial charge is 0.411 e. The molecule has 3 N–H and O–H groups in total. The first kappa shape index (κ1) is 22.3. The fourth-order valence-electron chi connectivity index (χ4n) is 3.35. The van der Waals surface area contributed by atoms with Crippen molar-refractivity contribution in [1.82, 2.24) is 20.4 Å². The lowest BCUT2D eigenvalue weighted by Gasteiger charge is -2.10. The highest BCUT2D eigenvalue weighted by Gasteiger charge is 2.28. The topological polar surface area (TPSA) is 97.3 Å². The third-order valence-electron chi connectivity index (χ3n) is 4.81. The molecule has 11 heteroatoms. The zero-order chi connectivity index (χ0) is 23.4. The van der Waals surface area contributed by atoms with Crippen LogP contribution in [0.4, 0.5) is 23.8 Å². The lowest BCUT2D eigenvalue weighted by molar-refractivity contribution is -0.176. The Labute approximate surface area is 186 Å². The van der Waals surface area contributed by atoms with Crippen LogP contribution in [0.25, 0.3) is 16.9 Å². The van der Waals surface area contributed by atoms with Crippen LogP contribution in [-0.2, 0) is 16.1 Å². The smallest absolute Gasteiger partial charge is 0.367 e. The maximum Gasteiger partial charge on any atom is 0.411 e. The van der Waals surface area contributed by atoms with Crippen molar-refractivity contribution in [3.05, 3.63) is 66.2 Å². The fraction of sp³-hybridized carbons (Fsp3) is 0.227. The minimum absolute atomic E-state index is 0.164. The molecule has 2 heterocycles. The van der Waals surface area contributed by atoms with Gasteiger partial charge in [0.25, 0.3) is 0 Å². The molecule has 4 rings (SSSR count). The molecule has 33 heavy (non-hydrogen) atoms. The van der Waals surface area contributed by atoms with E-state index in [1.165, 1.54) is 0 Å². The summed E-state index contributed by atoms with van der Waals surface area (Å²) >= 11 is 0. The first-order valence-corrected chi connectivity index (χ1v) is 10.0. The summed E-state index contributed by atoms with van der Waals surface area (Å²) in [6.07, 6.45) is -4.40. The molecule has 1 aromatic heterocycles. The predicted molar refractivity (Wildman–Crippen MR) is 114 cm³/mol. The maximum absolute atomic E-state index is 12.5. The molecule has 0 saturated carbocycles. The van der Waals surface area contributed by atoms with E-state index in [2.05, 4.69) is 21.0 Å². The van der Waals surface area contributed by atoms with Crippen molar-refractivity contribution >= 4 is 17.8 Å². The number of anilines is 1. The number of para-hydroxylation sites is 1. The Hall–Kier alpha value is -3.86. The minimum Gasteiger partial charge on any atom is -0.367 e. The second kappa shape index (κ2) is 9.33. The van der Waals surface area contributed by atoms with Crippen LogP contribution < -0.4 is 16.0 Å². The second-order valence-electron chi connectivity index (χ2n) is 7.37. The number of nitrogens with zero attached hydrogens (tertiary/aromatic N) is 2. The Morgan fingerprint density at radius 3 is 2.64 bits per heavy atom. The number of carbonyl (C=O) groups is 2. The van der Waals surface area contributed by atoms with Crippen LogP contribution in [0.3, 0.4) is 0 Å². The van der Waals surface area contributed by atoms with E-state index < -0.39 is 30.8 Å². The van der Waals surface area contributed by atoms with Crippen molar-refractivity contribution in [3.63, 3.8) is 0 Å². The molecule has 1 aliphatic heterocycles. The Morgan fingerprint density at radius 1 is 1.15 bits per heavy atom. The van der Waals surface area contributed by atoms with Gasteiger partial charge in [-0.3, -0.25) is 4.79 Å². The molecule has 3 amide bonds. The van der Waals surface area contributed by atoms with Gasteiger partial charge in [-0.15, -0.1) is 5.10 Å². The summed E-state index contributed by atoms with van der Waals surface area (Å²) in [4.78, 5) is 23.8. The molecule has 0 spiro atoms. The Bertz CT molecular complexity index is 1150. The molecular formula is C22H20F3N5O3. The molecule has 0 bridgehead atoms. The summed E-state index contributed by atoms with van der Waals surface area (Å²) < 4.78 is 43.5. The van der Waals surface area contributed by atoms with Crippen LogP contribution >= 0.6 is 0 Å². The first-order valence-electron chi connectivity index (χ1n) is 10.0. The summed E-state index contributed by atoms with van der Waals surface area (Å²) in [5.74, 6) is -0.161. The summed E-state index contributed by atoms with van der Waals surface area (Å²) in [7, 11) is 0. The summed E-state index contributed by atoms with van der Waals surface area (Å²) in [6.45, 7) is -1.37. The molecule has 1 atom stereocenters. The maximum atomic E-state index is 12.5. The number of hydrogen-bond acceptors (Lipinski definition) is 4. The molecule has 0 radical (unpaired) electrons. The van der Waals surface area contributed by atoms with Crippen molar-refractivity contribution < 1.29 is 27.5 Å². The van der Waals surface area contributed by atoms with Crippen molar-refractivity contribution in [2.45, 2.75) is 18.8 Å². The van der Waals surface area contributed by atoms with Gasteiger partial charge < -0.3 is 20.7 Å². The van der Waals surface area contributed by atoms with E-state index >= 15 is 0 Å². The number of urea groups is 1. The average Bonchev–Trinajstić information content (AvgIpc) is 3.40. The molecule has 0 unspecified atom stereocenters. The molecule has 3 aromatic rings. The van der Waals surface area contributed by atoms with Gasteiger partial charge in [-0.25, -0.2) is 9.48 Å². The van der Waals surface area contributed by atoms with Gasteiger partial charge in [-0.1, -0.05) is 36.4 Å². The highest BCUT2D eigenvalue weighted by molar-refractivity contribution is 5.98. The number of carbonyl (C=O) groups excluding carboxylic acids is 2. The third kappa shape index (κ3) is 5.69. The molecule has 1 aliphatic rings. The molecule has 1 fully saturated rings. The quantitative estimate of drug-likeness (QED) is 0.505. The number of ether oxygens (including phenoxy) is 1. The van der Waals surface area contributed by atoms with E-state index in [4.69, 9.17) is 4.74 Å². The van der Waals surface area contributed by atoms with Crippen LogP contribution in [0.15, 0.2) is 60.7 Å². The van der Waals surface area contributed by atoms with Crippen molar-refractivity contribution in [2.75, 3.05) is 18.5 Å². The molecule has 0 aliphatic carbocycles.